The monoisotopic (exact) mass is 311 g/mol. The Labute approximate surface area is 127 Å². The molecule has 6 nitrogen and oxygen atoms in total. The molecular weight excluding hydrogens is 292 g/mol. The van der Waals surface area contributed by atoms with E-state index in [9.17, 15) is 8.78 Å². The Hall–Kier alpha value is -1.83. The van der Waals surface area contributed by atoms with E-state index < -0.39 is 12.2 Å². The van der Waals surface area contributed by atoms with Crippen molar-refractivity contribution in [1.29, 1.82) is 0 Å². The minimum absolute atomic E-state index is 0.199. The van der Waals surface area contributed by atoms with Crippen molar-refractivity contribution < 1.29 is 13.5 Å². The second-order valence-electron chi connectivity index (χ2n) is 5.87. The fourth-order valence-corrected chi connectivity index (χ4v) is 2.78. The molecular formula is C14H19F2N5O. The molecule has 0 saturated carbocycles. The Kier molecular flexibility index (Phi) is 4.19. The van der Waals surface area contributed by atoms with E-state index in [1.165, 1.54) is 0 Å². The summed E-state index contributed by atoms with van der Waals surface area (Å²) in [5, 5.41) is 11.5. The molecule has 1 atom stereocenters. The molecule has 0 spiro atoms. The normalized spacial score (nSPS) is 19.5. The first kappa shape index (κ1) is 15.1. The molecule has 2 aromatic heterocycles. The van der Waals surface area contributed by atoms with Crippen molar-refractivity contribution in [3.05, 3.63) is 18.0 Å². The van der Waals surface area contributed by atoms with Crippen molar-refractivity contribution >= 4 is 11.5 Å². The van der Waals surface area contributed by atoms with Crippen molar-refractivity contribution in [2.45, 2.75) is 32.7 Å². The molecule has 0 aromatic carbocycles. The largest absolute Gasteiger partial charge is 0.377 e. The van der Waals surface area contributed by atoms with E-state index in [-0.39, 0.29) is 6.04 Å². The minimum Gasteiger partial charge on any atom is -0.377 e. The lowest BCUT2D eigenvalue weighted by Crippen LogP contribution is -2.46. The Morgan fingerprint density at radius 1 is 1.32 bits per heavy atom. The summed E-state index contributed by atoms with van der Waals surface area (Å²) in [5.74, 6) is 0.748. The average Bonchev–Trinajstić information content (AvgIpc) is 2.90. The molecule has 0 amide bonds. The summed E-state index contributed by atoms with van der Waals surface area (Å²) in [7, 11) is 0. The third-order valence-electron chi connectivity index (χ3n) is 3.73. The lowest BCUT2D eigenvalue weighted by atomic mass is 10.0. The van der Waals surface area contributed by atoms with Gasteiger partial charge in [0.25, 0.3) is 6.43 Å². The molecule has 3 heterocycles. The summed E-state index contributed by atoms with van der Waals surface area (Å²) < 4.78 is 32.6. The molecule has 8 heteroatoms. The average molecular weight is 311 g/mol. The fraction of sp³-hybridized carbons (Fsp3) is 0.643. The highest BCUT2D eigenvalue weighted by Gasteiger charge is 2.26. The third-order valence-corrected chi connectivity index (χ3v) is 3.73. The van der Waals surface area contributed by atoms with Crippen molar-refractivity contribution in [2.24, 2.45) is 5.92 Å². The maximum Gasteiger partial charge on any atom is 0.299 e. The van der Waals surface area contributed by atoms with Crippen LogP contribution in [-0.4, -0.2) is 45.6 Å². The van der Waals surface area contributed by atoms with Crippen molar-refractivity contribution in [3.8, 4) is 0 Å². The molecule has 2 aromatic rings. The van der Waals surface area contributed by atoms with E-state index in [4.69, 9.17) is 4.74 Å². The lowest BCUT2D eigenvalue weighted by Gasteiger charge is -2.37. The van der Waals surface area contributed by atoms with Crippen molar-refractivity contribution in [1.82, 2.24) is 19.8 Å². The first-order valence-electron chi connectivity index (χ1n) is 7.41. The van der Waals surface area contributed by atoms with Gasteiger partial charge in [0.2, 0.25) is 5.82 Å². The summed E-state index contributed by atoms with van der Waals surface area (Å²) >= 11 is 0. The SMILES string of the molecule is CC(C)CC1COCCN1c1ccc2nnc(C(F)F)n2n1. The minimum atomic E-state index is -2.70. The zero-order chi connectivity index (χ0) is 15.7. The second-order valence-corrected chi connectivity index (χ2v) is 5.87. The van der Waals surface area contributed by atoms with E-state index >= 15 is 0 Å². The van der Waals surface area contributed by atoms with Gasteiger partial charge in [-0.1, -0.05) is 13.8 Å². The number of hydrogen-bond acceptors (Lipinski definition) is 5. The number of ether oxygens (including phenoxy) is 1. The van der Waals surface area contributed by atoms with E-state index in [1.54, 1.807) is 12.1 Å². The van der Waals surface area contributed by atoms with Gasteiger partial charge in [-0.25, -0.2) is 8.78 Å². The fourth-order valence-electron chi connectivity index (χ4n) is 2.78. The van der Waals surface area contributed by atoms with Crippen molar-refractivity contribution in [2.75, 3.05) is 24.7 Å². The van der Waals surface area contributed by atoms with E-state index in [1.807, 2.05) is 0 Å². The Balaban J connectivity index is 1.95. The molecule has 1 aliphatic heterocycles. The number of halogens is 2. The molecule has 0 aliphatic carbocycles. The molecule has 1 aliphatic rings. The molecule has 0 N–H and O–H groups in total. The van der Waals surface area contributed by atoms with Crippen LogP contribution in [0.5, 0.6) is 0 Å². The molecule has 0 bridgehead atoms. The quantitative estimate of drug-likeness (QED) is 0.867. The first-order valence-corrected chi connectivity index (χ1v) is 7.41. The number of morpholine rings is 1. The highest BCUT2D eigenvalue weighted by molar-refractivity contribution is 5.46. The maximum absolute atomic E-state index is 13.0. The predicted molar refractivity (Wildman–Crippen MR) is 77.1 cm³/mol. The lowest BCUT2D eigenvalue weighted by molar-refractivity contribution is 0.0871. The standard InChI is InChI=1S/C14H19F2N5O/c1-9(2)7-10-8-22-6-5-20(10)12-4-3-11-17-18-14(13(15)16)21(11)19-12/h3-4,9-10,13H,5-8H2,1-2H3. The number of nitrogens with zero attached hydrogens (tertiary/aromatic N) is 5. The molecule has 0 radical (unpaired) electrons. The van der Waals surface area contributed by atoms with Gasteiger partial charge in [-0.3, -0.25) is 0 Å². The first-order chi connectivity index (χ1) is 10.6. The van der Waals surface area contributed by atoms with Gasteiger partial charge < -0.3 is 9.64 Å². The molecule has 120 valence electrons. The van der Waals surface area contributed by atoms with Crippen LogP contribution in [0.25, 0.3) is 5.65 Å². The van der Waals surface area contributed by atoms with Crippen LogP contribution >= 0.6 is 0 Å². The smallest absolute Gasteiger partial charge is 0.299 e. The Morgan fingerprint density at radius 3 is 2.86 bits per heavy atom. The van der Waals surface area contributed by atoms with E-state index in [2.05, 4.69) is 34.0 Å². The number of hydrogen-bond donors (Lipinski definition) is 0. The Morgan fingerprint density at radius 2 is 2.14 bits per heavy atom. The zero-order valence-corrected chi connectivity index (χ0v) is 12.6. The van der Waals surface area contributed by atoms with Gasteiger partial charge in [-0.15, -0.1) is 15.3 Å². The topological polar surface area (TPSA) is 55.5 Å². The number of rotatable bonds is 4. The summed E-state index contributed by atoms with van der Waals surface area (Å²) in [6.45, 7) is 6.23. The van der Waals surface area contributed by atoms with Gasteiger partial charge >= 0.3 is 0 Å². The molecule has 1 saturated heterocycles. The number of alkyl halides is 2. The van der Waals surface area contributed by atoms with Crippen LogP contribution in [0.3, 0.4) is 0 Å². The van der Waals surface area contributed by atoms with Crippen LogP contribution < -0.4 is 4.90 Å². The van der Waals surface area contributed by atoms with Crippen molar-refractivity contribution in [3.63, 3.8) is 0 Å². The van der Waals surface area contributed by atoms with Gasteiger partial charge in [-0.05, 0) is 24.5 Å². The Bertz CT molecular complexity index is 645. The van der Waals surface area contributed by atoms with Crippen LogP contribution in [0.1, 0.15) is 32.5 Å². The third kappa shape index (κ3) is 2.87. The molecule has 3 rings (SSSR count). The molecule has 22 heavy (non-hydrogen) atoms. The maximum atomic E-state index is 13.0. The van der Waals surface area contributed by atoms with Gasteiger partial charge in [-0.2, -0.15) is 4.52 Å². The summed E-state index contributed by atoms with van der Waals surface area (Å²) in [4.78, 5) is 2.12. The van der Waals surface area contributed by atoms with Crippen LogP contribution in [-0.2, 0) is 4.74 Å². The predicted octanol–water partition coefficient (Wildman–Crippen LogP) is 2.31. The van der Waals surface area contributed by atoms with Gasteiger partial charge in [0.1, 0.15) is 5.82 Å². The summed E-state index contributed by atoms with van der Waals surface area (Å²) in [6.07, 6.45) is -1.74. The van der Waals surface area contributed by atoms with Gasteiger partial charge in [0, 0.05) is 6.54 Å². The van der Waals surface area contributed by atoms with Crippen LogP contribution in [0.4, 0.5) is 14.6 Å². The van der Waals surface area contributed by atoms with E-state index in [0.717, 1.165) is 10.9 Å². The summed E-state index contributed by atoms with van der Waals surface area (Å²) in [6, 6.07) is 3.67. The van der Waals surface area contributed by atoms with Crippen LogP contribution in [0.2, 0.25) is 0 Å². The van der Waals surface area contributed by atoms with E-state index in [0.29, 0.717) is 37.1 Å². The zero-order valence-electron chi connectivity index (χ0n) is 12.6. The number of anilines is 1. The number of fused-ring (bicyclic) bond motifs is 1. The summed E-state index contributed by atoms with van der Waals surface area (Å²) in [5.41, 5.74) is 0.327. The highest BCUT2D eigenvalue weighted by Crippen LogP contribution is 2.23. The van der Waals surface area contributed by atoms with Crippen LogP contribution in [0.15, 0.2) is 12.1 Å². The second kappa shape index (κ2) is 6.12. The number of aromatic nitrogens is 4. The van der Waals surface area contributed by atoms with Gasteiger partial charge in [0.15, 0.2) is 5.65 Å². The molecule has 1 fully saturated rings. The molecule has 1 unspecified atom stereocenters. The highest BCUT2D eigenvalue weighted by atomic mass is 19.3. The van der Waals surface area contributed by atoms with Crippen LogP contribution in [0, 0.1) is 5.92 Å². The van der Waals surface area contributed by atoms with Gasteiger partial charge in [0.05, 0.1) is 19.3 Å².